The minimum atomic E-state index is -0.212. The summed E-state index contributed by atoms with van der Waals surface area (Å²) in [5.74, 6) is 0.433. The molecular weight excluding hydrogens is 224 g/mol. The van der Waals surface area contributed by atoms with Crippen LogP contribution in [0, 0.1) is 0 Å². The quantitative estimate of drug-likeness (QED) is 0.588. The Morgan fingerprint density at radius 1 is 1.79 bits per heavy atom. The van der Waals surface area contributed by atoms with Crippen LogP contribution in [0.4, 0.5) is 0 Å². The second kappa shape index (κ2) is 5.26. The molecule has 14 heavy (non-hydrogen) atoms. The average molecular weight is 235 g/mol. The van der Waals surface area contributed by atoms with E-state index in [-0.39, 0.29) is 5.97 Å². The lowest BCUT2D eigenvalue weighted by atomic mass is 10.5. The van der Waals surface area contributed by atoms with Crippen LogP contribution in [0.2, 0.25) is 5.15 Å². The van der Waals surface area contributed by atoms with Crippen molar-refractivity contribution in [3.8, 4) is 0 Å². The van der Waals surface area contributed by atoms with Crippen molar-refractivity contribution >= 4 is 29.3 Å². The summed E-state index contributed by atoms with van der Waals surface area (Å²) in [6.45, 7) is 0. The molecule has 0 aromatic carbocycles. The number of rotatable bonds is 4. The zero-order chi connectivity index (χ0) is 10.6. The minimum absolute atomic E-state index is 0.212. The highest BCUT2D eigenvalue weighted by Crippen LogP contribution is 2.25. The van der Waals surface area contributed by atoms with Gasteiger partial charge in [0, 0.05) is 12.8 Å². The Hall–Kier alpha value is -0.680. The van der Waals surface area contributed by atoms with E-state index >= 15 is 0 Å². The van der Waals surface area contributed by atoms with Crippen molar-refractivity contribution in [1.29, 1.82) is 0 Å². The van der Waals surface area contributed by atoms with Crippen LogP contribution in [-0.2, 0) is 16.6 Å². The van der Waals surface area contributed by atoms with Gasteiger partial charge in [0.15, 0.2) is 5.15 Å². The van der Waals surface area contributed by atoms with Crippen molar-refractivity contribution in [2.45, 2.75) is 11.4 Å². The first kappa shape index (κ1) is 11.4. The van der Waals surface area contributed by atoms with E-state index in [4.69, 9.17) is 11.6 Å². The number of carbonyl (C=O) groups excluding carboxylic acids is 1. The predicted octanol–water partition coefficient (Wildman–Crippen LogP) is 1.73. The fraction of sp³-hybridized carbons (Fsp3) is 0.500. The third-order valence-electron chi connectivity index (χ3n) is 1.61. The fourth-order valence-corrected chi connectivity index (χ4v) is 2.11. The SMILES string of the molecule is COC(=O)CCSc1c(Cl)ncn1C. The molecule has 0 radical (unpaired) electrons. The van der Waals surface area contributed by atoms with Crippen molar-refractivity contribution in [2.75, 3.05) is 12.9 Å². The van der Waals surface area contributed by atoms with Gasteiger partial charge in [-0.2, -0.15) is 0 Å². The second-order valence-corrected chi connectivity index (χ2v) is 4.07. The number of ether oxygens (including phenoxy) is 1. The van der Waals surface area contributed by atoms with Crippen LogP contribution in [0.25, 0.3) is 0 Å². The van der Waals surface area contributed by atoms with Gasteiger partial charge in [0.2, 0.25) is 0 Å². The third kappa shape index (κ3) is 2.92. The van der Waals surface area contributed by atoms with Crippen LogP contribution < -0.4 is 0 Å². The Kier molecular flexibility index (Phi) is 4.28. The van der Waals surface area contributed by atoms with Gasteiger partial charge in [0.1, 0.15) is 5.03 Å². The molecular formula is C8H11ClN2O2S. The number of aryl methyl sites for hydroxylation is 1. The highest BCUT2D eigenvalue weighted by atomic mass is 35.5. The molecule has 1 aromatic rings. The molecule has 0 saturated carbocycles. The van der Waals surface area contributed by atoms with E-state index in [1.54, 1.807) is 6.33 Å². The number of methoxy groups -OCH3 is 1. The lowest BCUT2D eigenvalue weighted by Crippen LogP contribution is -2.01. The Morgan fingerprint density at radius 3 is 3.00 bits per heavy atom. The number of thioether (sulfide) groups is 1. The molecule has 1 heterocycles. The van der Waals surface area contributed by atoms with E-state index in [0.29, 0.717) is 17.3 Å². The number of hydrogen-bond donors (Lipinski definition) is 0. The molecule has 0 aliphatic heterocycles. The van der Waals surface area contributed by atoms with Crippen molar-refractivity contribution in [3.05, 3.63) is 11.5 Å². The summed E-state index contributed by atoms with van der Waals surface area (Å²) in [6.07, 6.45) is 2.02. The Morgan fingerprint density at radius 2 is 2.50 bits per heavy atom. The molecule has 0 amide bonds. The van der Waals surface area contributed by atoms with Gasteiger partial charge in [-0.05, 0) is 0 Å². The molecule has 1 aromatic heterocycles. The summed E-state index contributed by atoms with van der Waals surface area (Å²) in [5.41, 5.74) is 0. The van der Waals surface area contributed by atoms with E-state index in [0.717, 1.165) is 5.03 Å². The smallest absolute Gasteiger partial charge is 0.306 e. The van der Waals surface area contributed by atoms with E-state index in [9.17, 15) is 4.79 Å². The van der Waals surface area contributed by atoms with Gasteiger partial charge >= 0.3 is 5.97 Å². The molecule has 78 valence electrons. The molecule has 0 saturated heterocycles. The summed E-state index contributed by atoms with van der Waals surface area (Å²) in [5, 5.41) is 1.35. The molecule has 0 atom stereocenters. The number of carbonyl (C=O) groups is 1. The average Bonchev–Trinajstić information content (AvgIpc) is 2.48. The van der Waals surface area contributed by atoms with Crippen molar-refractivity contribution in [2.24, 2.45) is 7.05 Å². The third-order valence-corrected chi connectivity index (χ3v) is 3.17. The number of aromatic nitrogens is 2. The maximum absolute atomic E-state index is 10.8. The van der Waals surface area contributed by atoms with Crippen molar-refractivity contribution in [1.82, 2.24) is 9.55 Å². The lowest BCUT2D eigenvalue weighted by Gasteiger charge is -2.01. The number of imidazole rings is 1. The van der Waals surface area contributed by atoms with Crippen LogP contribution >= 0.6 is 23.4 Å². The van der Waals surface area contributed by atoms with Gasteiger partial charge in [-0.15, -0.1) is 11.8 Å². The number of esters is 1. The largest absolute Gasteiger partial charge is 0.469 e. The Balaban J connectivity index is 2.42. The zero-order valence-corrected chi connectivity index (χ0v) is 9.56. The molecule has 6 heteroatoms. The monoisotopic (exact) mass is 234 g/mol. The van der Waals surface area contributed by atoms with Crippen LogP contribution in [0.3, 0.4) is 0 Å². The van der Waals surface area contributed by atoms with Gasteiger partial charge in [-0.25, -0.2) is 4.98 Å². The zero-order valence-electron chi connectivity index (χ0n) is 7.99. The molecule has 1 rings (SSSR count). The first-order valence-electron chi connectivity index (χ1n) is 4.01. The van der Waals surface area contributed by atoms with Gasteiger partial charge in [-0.1, -0.05) is 11.6 Å². The van der Waals surface area contributed by atoms with E-state index in [1.165, 1.54) is 18.9 Å². The highest BCUT2D eigenvalue weighted by molar-refractivity contribution is 7.99. The van der Waals surface area contributed by atoms with Gasteiger partial charge in [0.25, 0.3) is 0 Å². The predicted molar refractivity (Wildman–Crippen MR) is 55.6 cm³/mol. The molecule has 0 fully saturated rings. The minimum Gasteiger partial charge on any atom is -0.469 e. The summed E-state index contributed by atoms with van der Waals surface area (Å²) >= 11 is 7.32. The van der Waals surface area contributed by atoms with E-state index in [1.807, 2.05) is 11.6 Å². The molecule has 0 spiro atoms. The molecule has 0 bridgehead atoms. The van der Waals surface area contributed by atoms with Crippen LogP contribution in [0.15, 0.2) is 11.4 Å². The maximum atomic E-state index is 10.8. The summed E-state index contributed by atoms with van der Waals surface area (Å²) in [6, 6.07) is 0. The Labute approximate surface area is 91.6 Å². The van der Waals surface area contributed by atoms with Crippen LogP contribution in [-0.4, -0.2) is 28.4 Å². The number of halogens is 1. The van der Waals surface area contributed by atoms with Gasteiger partial charge in [-0.3, -0.25) is 4.79 Å². The standard InChI is InChI=1S/C8H11ClN2O2S/c1-11-5-10-7(9)8(11)14-4-3-6(12)13-2/h5H,3-4H2,1-2H3. The van der Waals surface area contributed by atoms with E-state index < -0.39 is 0 Å². The topological polar surface area (TPSA) is 44.1 Å². The summed E-state index contributed by atoms with van der Waals surface area (Å²) < 4.78 is 6.35. The summed E-state index contributed by atoms with van der Waals surface area (Å²) in [4.78, 5) is 14.7. The van der Waals surface area contributed by atoms with Crippen LogP contribution in [0.1, 0.15) is 6.42 Å². The maximum Gasteiger partial charge on any atom is 0.306 e. The normalized spacial score (nSPS) is 10.2. The second-order valence-electron chi connectivity index (χ2n) is 2.63. The lowest BCUT2D eigenvalue weighted by molar-refractivity contribution is -0.140. The fourth-order valence-electron chi connectivity index (χ4n) is 0.885. The number of nitrogens with zero attached hydrogens (tertiary/aromatic N) is 2. The number of hydrogen-bond acceptors (Lipinski definition) is 4. The molecule has 0 unspecified atom stereocenters. The van der Waals surface area contributed by atoms with Crippen molar-refractivity contribution in [3.63, 3.8) is 0 Å². The Bertz CT molecular complexity index is 308. The van der Waals surface area contributed by atoms with Crippen molar-refractivity contribution < 1.29 is 9.53 Å². The van der Waals surface area contributed by atoms with Gasteiger partial charge < -0.3 is 9.30 Å². The van der Waals surface area contributed by atoms with Gasteiger partial charge in [0.05, 0.1) is 19.9 Å². The first-order valence-corrected chi connectivity index (χ1v) is 5.38. The highest BCUT2D eigenvalue weighted by Gasteiger charge is 2.08. The molecule has 0 aliphatic carbocycles. The van der Waals surface area contributed by atoms with E-state index in [2.05, 4.69) is 9.72 Å². The first-order chi connectivity index (χ1) is 6.65. The molecule has 4 nitrogen and oxygen atoms in total. The molecule has 0 aliphatic rings. The molecule has 0 N–H and O–H groups in total. The summed E-state index contributed by atoms with van der Waals surface area (Å²) in [7, 11) is 3.24. The van der Waals surface area contributed by atoms with Crippen LogP contribution in [0.5, 0.6) is 0 Å².